The second kappa shape index (κ2) is 9.17. The lowest BCUT2D eigenvalue weighted by Gasteiger charge is -2.34. The fraction of sp³-hybridized carbons (Fsp3) is 0.143. The minimum atomic E-state index is -0.329. The number of nitrogens with zero attached hydrogens (tertiary/aromatic N) is 1. The number of rotatable bonds is 6. The molecular formula is C35H31N. The van der Waals surface area contributed by atoms with Crippen molar-refractivity contribution in [2.45, 2.75) is 31.8 Å². The summed E-state index contributed by atoms with van der Waals surface area (Å²) in [5, 5.41) is 0. The van der Waals surface area contributed by atoms with Crippen molar-refractivity contribution in [1.29, 1.82) is 0 Å². The van der Waals surface area contributed by atoms with Crippen LogP contribution in [0.1, 0.15) is 41.7 Å². The van der Waals surface area contributed by atoms with Crippen molar-refractivity contribution in [3.63, 3.8) is 0 Å². The van der Waals surface area contributed by atoms with Gasteiger partial charge in [-0.3, -0.25) is 0 Å². The first-order chi connectivity index (χ1) is 17.7. The maximum absolute atomic E-state index is 2.48. The Balaban J connectivity index is 1.55. The molecule has 5 aromatic carbocycles. The molecule has 6 rings (SSSR count). The van der Waals surface area contributed by atoms with E-state index in [0.717, 1.165) is 6.54 Å². The van der Waals surface area contributed by atoms with Crippen LogP contribution in [0.25, 0.3) is 11.1 Å². The zero-order valence-corrected chi connectivity index (χ0v) is 20.9. The summed E-state index contributed by atoms with van der Waals surface area (Å²) >= 11 is 0. The Labute approximate surface area is 214 Å². The van der Waals surface area contributed by atoms with Crippen molar-refractivity contribution in [3.05, 3.63) is 161 Å². The van der Waals surface area contributed by atoms with Crippen LogP contribution in [-0.2, 0) is 12.0 Å². The Kier molecular flexibility index (Phi) is 5.70. The van der Waals surface area contributed by atoms with E-state index in [-0.39, 0.29) is 5.41 Å². The number of benzene rings is 5. The van der Waals surface area contributed by atoms with Crippen LogP contribution in [0.3, 0.4) is 0 Å². The first-order valence-electron chi connectivity index (χ1n) is 12.9. The maximum Gasteiger partial charge on any atom is 0.0713 e. The van der Waals surface area contributed by atoms with Crippen molar-refractivity contribution < 1.29 is 0 Å². The molecule has 0 atom stereocenters. The van der Waals surface area contributed by atoms with Crippen LogP contribution < -0.4 is 4.90 Å². The summed E-state index contributed by atoms with van der Waals surface area (Å²) in [4.78, 5) is 2.48. The molecule has 0 N–H and O–H groups in total. The van der Waals surface area contributed by atoms with Crippen molar-refractivity contribution >= 4 is 5.69 Å². The van der Waals surface area contributed by atoms with Gasteiger partial charge in [0.25, 0.3) is 0 Å². The highest BCUT2D eigenvalue weighted by atomic mass is 15.1. The second-order valence-corrected chi connectivity index (χ2v) is 9.96. The molecule has 0 saturated heterocycles. The quantitative estimate of drug-likeness (QED) is 0.238. The Hall–Kier alpha value is -4.10. The summed E-state index contributed by atoms with van der Waals surface area (Å²) in [6, 6.07) is 49.3. The molecule has 0 aromatic heterocycles. The van der Waals surface area contributed by atoms with Crippen LogP contribution in [0.15, 0.2) is 133 Å². The molecule has 0 unspecified atom stereocenters. The van der Waals surface area contributed by atoms with Gasteiger partial charge in [-0.25, -0.2) is 0 Å². The molecule has 0 amide bonds. The second-order valence-electron chi connectivity index (χ2n) is 9.96. The highest BCUT2D eigenvalue weighted by Gasteiger charge is 2.45. The predicted octanol–water partition coefficient (Wildman–Crippen LogP) is 8.46. The molecule has 1 nitrogen and oxygen atoms in total. The lowest BCUT2D eigenvalue weighted by molar-refractivity contribution is 0.682. The molecule has 1 heteroatoms. The van der Waals surface area contributed by atoms with Crippen LogP contribution in [0.5, 0.6) is 0 Å². The number of fused-ring (bicyclic) bond motifs is 3. The average Bonchev–Trinajstić information content (AvgIpc) is 3.23. The minimum absolute atomic E-state index is 0.329. The smallest absolute Gasteiger partial charge is 0.0713 e. The van der Waals surface area contributed by atoms with Crippen LogP contribution in [0.2, 0.25) is 0 Å². The number of hydrogen-bond donors (Lipinski definition) is 0. The van der Waals surface area contributed by atoms with Gasteiger partial charge in [0, 0.05) is 18.3 Å². The summed E-state index contributed by atoms with van der Waals surface area (Å²) in [6.07, 6.45) is 0. The van der Waals surface area contributed by atoms with E-state index < -0.39 is 0 Å². The van der Waals surface area contributed by atoms with E-state index in [4.69, 9.17) is 0 Å². The van der Waals surface area contributed by atoms with E-state index in [1.807, 2.05) is 0 Å². The molecule has 5 aromatic rings. The Morgan fingerprint density at radius 1 is 0.556 bits per heavy atom. The molecule has 0 spiro atoms. The predicted molar refractivity (Wildman–Crippen MR) is 152 cm³/mol. The van der Waals surface area contributed by atoms with E-state index in [1.165, 1.54) is 44.6 Å². The lowest BCUT2D eigenvalue weighted by atomic mass is 9.67. The molecule has 176 valence electrons. The number of hydrogen-bond acceptors (Lipinski definition) is 1. The lowest BCUT2D eigenvalue weighted by Crippen LogP contribution is -2.30. The number of anilines is 1. The third kappa shape index (κ3) is 3.55. The van der Waals surface area contributed by atoms with E-state index in [0.29, 0.717) is 6.04 Å². The summed E-state index contributed by atoms with van der Waals surface area (Å²) in [6.45, 7) is 5.41. The van der Waals surface area contributed by atoms with Crippen molar-refractivity contribution in [2.75, 3.05) is 4.90 Å². The van der Waals surface area contributed by atoms with Gasteiger partial charge in [-0.05, 0) is 71.0 Å². The van der Waals surface area contributed by atoms with Gasteiger partial charge in [-0.1, -0.05) is 115 Å². The van der Waals surface area contributed by atoms with Crippen LogP contribution in [0.4, 0.5) is 5.69 Å². The van der Waals surface area contributed by atoms with Crippen molar-refractivity contribution in [1.82, 2.24) is 0 Å². The molecule has 1 aliphatic carbocycles. The minimum Gasteiger partial charge on any atom is -0.365 e. The van der Waals surface area contributed by atoms with Crippen LogP contribution in [-0.4, -0.2) is 6.04 Å². The summed E-state index contributed by atoms with van der Waals surface area (Å²) < 4.78 is 0. The van der Waals surface area contributed by atoms with E-state index in [2.05, 4.69) is 152 Å². The van der Waals surface area contributed by atoms with E-state index >= 15 is 0 Å². The van der Waals surface area contributed by atoms with Gasteiger partial charge in [0.2, 0.25) is 0 Å². The fourth-order valence-electron chi connectivity index (χ4n) is 5.98. The van der Waals surface area contributed by atoms with Gasteiger partial charge < -0.3 is 4.90 Å². The van der Waals surface area contributed by atoms with Gasteiger partial charge in [0.05, 0.1) is 5.41 Å². The molecule has 0 fully saturated rings. The van der Waals surface area contributed by atoms with Crippen molar-refractivity contribution in [3.8, 4) is 11.1 Å². The first kappa shape index (κ1) is 22.4. The molecule has 0 heterocycles. The molecule has 0 saturated carbocycles. The van der Waals surface area contributed by atoms with Gasteiger partial charge in [0.15, 0.2) is 0 Å². The molecule has 0 radical (unpaired) electrons. The summed E-state index contributed by atoms with van der Waals surface area (Å²) in [5.74, 6) is 0. The van der Waals surface area contributed by atoms with Gasteiger partial charge in [-0.15, -0.1) is 0 Å². The number of para-hydroxylation sites is 1. The highest BCUT2D eigenvalue weighted by Crippen LogP contribution is 2.56. The zero-order valence-electron chi connectivity index (χ0n) is 20.9. The molecule has 0 aliphatic heterocycles. The average molecular weight is 466 g/mol. The molecule has 36 heavy (non-hydrogen) atoms. The Bertz CT molecular complexity index is 1430. The standard InChI is InChI=1S/C35H31N/c1-26(2)36(30-18-10-5-11-19-30)25-27-22-23-34-32(24-27)31-20-12-13-21-33(31)35(34,28-14-6-3-7-15-28)29-16-8-4-9-17-29/h3-24,26H,25H2,1-2H3. The van der Waals surface area contributed by atoms with Crippen LogP contribution in [0, 0.1) is 0 Å². The Morgan fingerprint density at radius 3 is 1.69 bits per heavy atom. The maximum atomic E-state index is 2.48. The first-order valence-corrected chi connectivity index (χ1v) is 12.9. The zero-order chi connectivity index (χ0) is 24.5. The third-order valence-electron chi connectivity index (χ3n) is 7.59. The monoisotopic (exact) mass is 465 g/mol. The topological polar surface area (TPSA) is 3.24 Å². The van der Waals surface area contributed by atoms with Gasteiger partial charge in [-0.2, -0.15) is 0 Å². The largest absolute Gasteiger partial charge is 0.365 e. The summed E-state index contributed by atoms with van der Waals surface area (Å²) in [5.41, 5.74) is 10.3. The van der Waals surface area contributed by atoms with Crippen LogP contribution >= 0.6 is 0 Å². The van der Waals surface area contributed by atoms with E-state index in [1.54, 1.807) is 0 Å². The SMILES string of the molecule is CC(C)N(Cc1ccc2c(c1)-c1ccccc1C2(c1ccccc1)c1ccccc1)c1ccccc1. The molecular weight excluding hydrogens is 434 g/mol. The molecule has 1 aliphatic rings. The van der Waals surface area contributed by atoms with Crippen molar-refractivity contribution in [2.24, 2.45) is 0 Å². The Morgan fingerprint density at radius 2 is 1.08 bits per heavy atom. The third-order valence-corrected chi connectivity index (χ3v) is 7.59. The van der Waals surface area contributed by atoms with Gasteiger partial charge in [0.1, 0.15) is 0 Å². The van der Waals surface area contributed by atoms with E-state index in [9.17, 15) is 0 Å². The summed E-state index contributed by atoms with van der Waals surface area (Å²) in [7, 11) is 0. The highest BCUT2D eigenvalue weighted by molar-refractivity contribution is 5.86. The molecule has 0 bridgehead atoms. The van der Waals surface area contributed by atoms with Gasteiger partial charge >= 0.3 is 0 Å². The normalized spacial score (nSPS) is 13.3. The fourth-order valence-corrected chi connectivity index (χ4v) is 5.98.